The van der Waals surface area contributed by atoms with Gasteiger partial charge in [0.1, 0.15) is 11.4 Å². The molecule has 1 saturated heterocycles. The van der Waals surface area contributed by atoms with Crippen molar-refractivity contribution in [3.05, 3.63) is 28.3 Å². The predicted molar refractivity (Wildman–Crippen MR) is 94.6 cm³/mol. The number of carbonyl (C=O) groups excluding carboxylic acids is 2. The fourth-order valence-corrected chi connectivity index (χ4v) is 3.71. The van der Waals surface area contributed by atoms with Gasteiger partial charge in [-0.1, -0.05) is 46.4 Å². The molecule has 1 amide bonds. The van der Waals surface area contributed by atoms with Crippen molar-refractivity contribution in [2.75, 3.05) is 13.1 Å². The molecule has 1 fully saturated rings. The normalized spacial score (nSPS) is 19.9. The SMILES string of the molecule is Cc1cc2c(cc1Cl)C(=O)CC1(CCN(C(=O)C(Cl)(Cl)Cl)CC1)O2. The third-order valence-electron chi connectivity index (χ3n) is 4.57. The van der Waals surface area contributed by atoms with Gasteiger partial charge in [0, 0.05) is 31.0 Å². The van der Waals surface area contributed by atoms with Crippen LogP contribution in [-0.2, 0) is 4.79 Å². The zero-order chi connectivity index (χ0) is 17.7. The number of hydrogen-bond donors (Lipinski definition) is 0. The Bertz CT molecular complexity index is 706. The van der Waals surface area contributed by atoms with E-state index in [1.54, 1.807) is 12.1 Å². The van der Waals surface area contributed by atoms with Crippen LogP contribution in [0.2, 0.25) is 5.02 Å². The number of amides is 1. The van der Waals surface area contributed by atoms with E-state index < -0.39 is 15.3 Å². The summed E-state index contributed by atoms with van der Waals surface area (Å²) in [6, 6.07) is 3.44. The summed E-state index contributed by atoms with van der Waals surface area (Å²) in [5.41, 5.74) is 0.745. The van der Waals surface area contributed by atoms with Crippen LogP contribution >= 0.6 is 46.4 Å². The molecule has 8 heteroatoms. The molecule has 1 aromatic rings. The average Bonchev–Trinajstić information content (AvgIpc) is 2.49. The molecular weight excluding hydrogens is 396 g/mol. The van der Waals surface area contributed by atoms with E-state index in [4.69, 9.17) is 51.1 Å². The van der Waals surface area contributed by atoms with Crippen LogP contribution in [0.15, 0.2) is 12.1 Å². The lowest BCUT2D eigenvalue weighted by molar-refractivity contribution is -0.133. The lowest BCUT2D eigenvalue weighted by Crippen LogP contribution is -2.54. The second-order valence-corrected chi connectivity index (χ2v) is 8.96. The first kappa shape index (κ1) is 18.1. The summed E-state index contributed by atoms with van der Waals surface area (Å²) in [7, 11) is 0. The third kappa shape index (κ3) is 3.34. The van der Waals surface area contributed by atoms with Crippen LogP contribution < -0.4 is 4.74 Å². The van der Waals surface area contributed by atoms with Crippen LogP contribution in [0.25, 0.3) is 0 Å². The quantitative estimate of drug-likeness (QED) is 0.597. The topological polar surface area (TPSA) is 46.6 Å². The van der Waals surface area contributed by atoms with Crippen molar-refractivity contribution in [2.24, 2.45) is 0 Å². The van der Waals surface area contributed by atoms with E-state index in [1.165, 1.54) is 4.90 Å². The molecule has 0 radical (unpaired) electrons. The van der Waals surface area contributed by atoms with E-state index in [-0.39, 0.29) is 12.2 Å². The molecule has 24 heavy (non-hydrogen) atoms. The molecule has 1 spiro atoms. The smallest absolute Gasteiger partial charge is 0.274 e. The van der Waals surface area contributed by atoms with Gasteiger partial charge in [-0.2, -0.15) is 0 Å². The molecule has 3 rings (SSSR count). The molecular formula is C16H15Cl4NO3. The van der Waals surface area contributed by atoms with Gasteiger partial charge in [0.05, 0.1) is 12.0 Å². The summed E-state index contributed by atoms with van der Waals surface area (Å²) in [4.78, 5) is 26.1. The van der Waals surface area contributed by atoms with E-state index in [0.29, 0.717) is 42.3 Å². The molecule has 0 unspecified atom stereocenters. The Hall–Kier alpha value is -0.680. The van der Waals surface area contributed by atoms with Gasteiger partial charge < -0.3 is 9.64 Å². The van der Waals surface area contributed by atoms with Crippen molar-refractivity contribution >= 4 is 58.1 Å². The Labute approximate surface area is 159 Å². The van der Waals surface area contributed by atoms with Gasteiger partial charge in [-0.25, -0.2) is 0 Å². The Balaban J connectivity index is 1.79. The number of nitrogens with zero attached hydrogens (tertiary/aromatic N) is 1. The summed E-state index contributed by atoms with van der Waals surface area (Å²) >= 11 is 23.1. The fourth-order valence-electron chi connectivity index (χ4n) is 3.19. The van der Waals surface area contributed by atoms with Crippen LogP contribution in [0.5, 0.6) is 5.75 Å². The van der Waals surface area contributed by atoms with Crippen molar-refractivity contribution in [1.29, 1.82) is 0 Å². The average molecular weight is 411 g/mol. The first-order valence-corrected chi connectivity index (χ1v) is 9.01. The largest absolute Gasteiger partial charge is 0.486 e. The van der Waals surface area contributed by atoms with Gasteiger partial charge in [0.2, 0.25) is 0 Å². The van der Waals surface area contributed by atoms with Crippen LogP contribution in [-0.4, -0.2) is 39.1 Å². The number of piperidine rings is 1. The molecule has 0 N–H and O–H groups in total. The van der Waals surface area contributed by atoms with Gasteiger partial charge >= 0.3 is 0 Å². The zero-order valence-electron chi connectivity index (χ0n) is 12.9. The van der Waals surface area contributed by atoms with Gasteiger partial charge in [-0.05, 0) is 24.6 Å². The second-order valence-electron chi connectivity index (χ2n) is 6.27. The lowest BCUT2D eigenvalue weighted by atomic mass is 9.82. The number of rotatable bonds is 0. The molecule has 2 aliphatic heterocycles. The van der Waals surface area contributed by atoms with Gasteiger partial charge in [-0.15, -0.1) is 0 Å². The number of likely N-dealkylation sites (tertiary alicyclic amines) is 1. The molecule has 4 nitrogen and oxygen atoms in total. The summed E-state index contributed by atoms with van der Waals surface area (Å²) in [5.74, 6) is 0.00104. The number of carbonyl (C=O) groups is 2. The van der Waals surface area contributed by atoms with Gasteiger partial charge in [0.25, 0.3) is 9.70 Å². The van der Waals surface area contributed by atoms with E-state index in [0.717, 1.165) is 5.56 Å². The number of benzene rings is 1. The van der Waals surface area contributed by atoms with Crippen molar-refractivity contribution in [3.63, 3.8) is 0 Å². The van der Waals surface area contributed by atoms with E-state index in [1.807, 2.05) is 6.92 Å². The first-order chi connectivity index (χ1) is 11.1. The van der Waals surface area contributed by atoms with Crippen LogP contribution in [0, 0.1) is 6.92 Å². The van der Waals surface area contributed by atoms with Crippen LogP contribution in [0.3, 0.4) is 0 Å². The number of ether oxygens (including phenoxy) is 1. The number of fused-ring (bicyclic) bond motifs is 1. The number of alkyl halides is 3. The highest BCUT2D eigenvalue weighted by Crippen LogP contribution is 2.42. The minimum Gasteiger partial charge on any atom is -0.486 e. The summed E-state index contributed by atoms with van der Waals surface area (Å²) in [6.45, 7) is 2.61. The minimum absolute atomic E-state index is 0.000645. The molecule has 0 saturated carbocycles. The van der Waals surface area contributed by atoms with Crippen LogP contribution in [0.1, 0.15) is 35.2 Å². The zero-order valence-corrected chi connectivity index (χ0v) is 15.9. The molecule has 1 aromatic carbocycles. The minimum atomic E-state index is -1.96. The number of aryl methyl sites for hydroxylation is 1. The number of halogens is 4. The molecule has 2 heterocycles. The first-order valence-electron chi connectivity index (χ1n) is 7.50. The Morgan fingerprint density at radius 2 is 1.88 bits per heavy atom. The van der Waals surface area contributed by atoms with Gasteiger partial charge in [-0.3, -0.25) is 9.59 Å². The number of hydrogen-bond acceptors (Lipinski definition) is 3. The lowest BCUT2D eigenvalue weighted by Gasteiger charge is -2.44. The number of Topliss-reactive ketones (excluding diaryl/α,β-unsaturated/α-hetero) is 1. The maximum Gasteiger partial charge on any atom is 0.274 e. The molecule has 0 bridgehead atoms. The summed E-state index contributed by atoms with van der Waals surface area (Å²) < 4.78 is 4.20. The Morgan fingerprint density at radius 3 is 2.46 bits per heavy atom. The van der Waals surface area contributed by atoms with Crippen LogP contribution in [0.4, 0.5) is 0 Å². The Kier molecular flexibility index (Phi) is 4.71. The van der Waals surface area contributed by atoms with Crippen molar-refractivity contribution in [3.8, 4) is 5.75 Å². The standard InChI is InChI=1S/C16H15Cl4NO3/c1-9-6-13-10(7-11(9)17)12(22)8-15(24-13)2-4-21(5-3-15)14(23)16(18,19)20/h6-7H,2-5,8H2,1H3. The fraction of sp³-hybridized carbons (Fsp3) is 0.500. The molecule has 130 valence electrons. The van der Waals surface area contributed by atoms with E-state index >= 15 is 0 Å². The molecule has 0 aliphatic carbocycles. The summed E-state index contributed by atoms with van der Waals surface area (Å²) in [5, 5.41) is 0.546. The molecule has 0 atom stereocenters. The van der Waals surface area contributed by atoms with Gasteiger partial charge in [0.15, 0.2) is 5.78 Å². The maximum atomic E-state index is 12.5. The van der Waals surface area contributed by atoms with Crippen molar-refractivity contribution < 1.29 is 14.3 Å². The van der Waals surface area contributed by atoms with Crippen molar-refractivity contribution in [1.82, 2.24) is 4.90 Å². The molecule has 0 aromatic heterocycles. The highest BCUT2D eigenvalue weighted by atomic mass is 35.6. The highest BCUT2D eigenvalue weighted by Gasteiger charge is 2.46. The van der Waals surface area contributed by atoms with E-state index in [2.05, 4.69) is 0 Å². The number of ketones is 1. The van der Waals surface area contributed by atoms with Crippen molar-refractivity contribution in [2.45, 2.75) is 35.6 Å². The monoisotopic (exact) mass is 409 g/mol. The highest BCUT2D eigenvalue weighted by molar-refractivity contribution is 6.76. The third-order valence-corrected chi connectivity index (χ3v) is 5.47. The maximum absolute atomic E-state index is 12.5. The van der Waals surface area contributed by atoms with E-state index in [9.17, 15) is 9.59 Å². The Morgan fingerprint density at radius 1 is 1.25 bits per heavy atom. The second kappa shape index (κ2) is 6.24. The molecule has 2 aliphatic rings. The summed E-state index contributed by atoms with van der Waals surface area (Å²) in [6.07, 6.45) is 1.27. The predicted octanol–water partition coefficient (Wildman–Crippen LogP) is 4.35.